The number of hydrogen-bond acceptors (Lipinski definition) is 4. The Balaban J connectivity index is 1.41. The maximum absolute atomic E-state index is 12.9. The Hall–Kier alpha value is -1.59. The van der Waals surface area contributed by atoms with Gasteiger partial charge in [0, 0.05) is 31.2 Å². The van der Waals surface area contributed by atoms with E-state index in [1.54, 1.807) is 0 Å². The number of rotatable bonds is 6. The van der Waals surface area contributed by atoms with Gasteiger partial charge in [-0.1, -0.05) is 25.0 Å². The van der Waals surface area contributed by atoms with Crippen molar-refractivity contribution >= 4 is 5.91 Å². The van der Waals surface area contributed by atoms with E-state index >= 15 is 0 Å². The normalized spacial score (nSPS) is 29.1. The van der Waals surface area contributed by atoms with E-state index in [0.29, 0.717) is 25.1 Å². The van der Waals surface area contributed by atoms with E-state index in [0.717, 1.165) is 38.2 Å². The second kappa shape index (κ2) is 8.83. The Morgan fingerprint density at radius 1 is 1.21 bits per heavy atom. The molecule has 3 unspecified atom stereocenters. The number of carbonyl (C=O) groups excluding carboxylic acids is 1. The van der Waals surface area contributed by atoms with Gasteiger partial charge in [-0.2, -0.15) is 0 Å². The van der Waals surface area contributed by atoms with E-state index in [1.165, 1.54) is 31.2 Å². The van der Waals surface area contributed by atoms with E-state index in [9.17, 15) is 4.79 Å². The molecule has 0 spiro atoms. The first-order valence-corrected chi connectivity index (χ1v) is 11.0. The molecule has 1 aliphatic carbocycles. The van der Waals surface area contributed by atoms with Crippen molar-refractivity contribution in [2.45, 2.75) is 69.4 Å². The van der Waals surface area contributed by atoms with Crippen molar-refractivity contribution in [2.24, 2.45) is 5.92 Å². The van der Waals surface area contributed by atoms with Crippen LogP contribution in [0.1, 0.15) is 57.4 Å². The topological polar surface area (TPSA) is 59.6 Å². The minimum atomic E-state index is -0.0516. The van der Waals surface area contributed by atoms with Crippen LogP contribution in [0.2, 0.25) is 0 Å². The summed E-state index contributed by atoms with van der Waals surface area (Å²) >= 11 is 0. The lowest BCUT2D eigenvalue weighted by atomic mass is 9.74. The Kier molecular flexibility index (Phi) is 6.22. The van der Waals surface area contributed by atoms with Gasteiger partial charge in [-0.15, -0.1) is 0 Å². The van der Waals surface area contributed by atoms with E-state index in [-0.39, 0.29) is 17.4 Å². The van der Waals surface area contributed by atoms with Crippen LogP contribution < -0.4 is 15.4 Å². The van der Waals surface area contributed by atoms with Crippen LogP contribution in [-0.2, 0) is 14.9 Å². The fourth-order valence-electron chi connectivity index (χ4n) is 5.30. The monoisotopic (exact) mass is 386 g/mol. The molecule has 154 valence electrons. The molecule has 28 heavy (non-hydrogen) atoms. The molecule has 2 aliphatic heterocycles. The summed E-state index contributed by atoms with van der Waals surface area (Å²) in [6.45, 7) is 4.84. The van der Waals surface area contributed by atoms with Crippen LogP contribution in [-0.4, -0.2) is 44.4 Å². The molecule has 1 amide bonds. The largest absolute Gasteiger partial charge is 0.494 e. The summed E-state index contributed by atoms with van der Waals surface area (Å²) in [5.41, 5.74) is 1.22. The molecule has 5 nitrogen and oxygen atoms in total. The fourth-order valence-corrected chi connectivity index (χ4v) is 5.30. The molecular formula is C23H34N2O3. The number of benzene rings is 1. The average Bonchev–Trinajstić information content (AvgIpc) is 3.18. The molecule has 2 saturated heterocycles. The van der Waals surface area contributed by atoms with Gasteiger partial charge < -0.3 is 20.1 Å². The highest BCUT2D eigenvalue weighted by atomic mass is 16.5. The SMILES string of the molecule is CCOc1ccc(C2(CNC(=O)C3CC4CCCCC4N3)CCOCC2)cc1. The predicted molar refractivity (Wildman–Crippen MR) is 110 cm³/mol. The molecule has 3 atom stereocenters. The Morgan fingerprint density at radius 3 is 2.68 bits per heavy atom. The molecule has 4 rings (SSSR count). The van der Waals surface area contributed by atoms with Crippen LogP contribution in [0.3, 0.4) is 0 Å². The summed E-state index contributed by atoms with van der Waals surface area (Å²) in [7, 11) is 0. The number of ether oxygens (including phenoxy) is 2. The minimum absolute atomic E-state index is 0.0229. The smallest absolute Gasteiger partial charge is 0.237 e. The van der Waals surface area contributed by atoms with Gasteiger partial charge in [0.2, 0.25) is 5.91 Å². The summed E-state index contributed by atoms with van der Waals surface area (Å²) in [5, 5.41) is 6.90. The molecule has 0 aromatic heterocycles. The van der Waals surface area contributed by atoms with Crippen molar-refractivity contribution in [2.75, 3.05) is 26.4 Å². The Morgan fingerprint density at radius 2 is 1.96 bits per heavy atom. The third-order valence-corrected chi connectivity index (χ3v) is 7.01. The number of amides is 1. The first-order chi connectivity index (χ1) is 13.7. The third kappa shape index (κ3) is 4.20. The van der Waals surface area contributed by atoms with Gasteiger partial charge in [0.15, 0.2) is 0 Å². The minimum Gasteiger partial charge on any atom is -0.494 e. The maximum atomic E-state index is 12.9. The van der Waals surface area contributed by atoms with Crippen molar-refractivity contribution in [3.05, 3.63) is 29.8 Å². The van der Waals surface area contributed by atoms with E-state index in [1.807, 2.05) is 19.1 Å². The summed E-state index contributed by atoms with van der Waals surface area (Å²) < 4.78 is 11.2. The summed E-state index contributed by atoms with van der Waals surface area (Å²) in [6, 6.07) is 8.93. The second-order valence-electron chi connectivity index (χ2n) is 8.67. The molecule has 1 saturated carbocycles. The quantitative estimate of drug-likeness (QED) is 0.788. The molecule has 3 fully saturated rings. The number of nitrogens with one attached hydrogen (secondary N) is 2. The summed E-state index contributed by atoms with van der Waals surface area (Å²) in [6.07, 6.45) is 7.98. The molecular weight excluding hydrogens is 352 g/mol. The van der Waals surface area contributed by atoms with Crippen molar-refractivity contribution in [1.82, 2.24) is 10.6 Å². The van der Waals surface area contributed by atoms with Crippen LogP contribution in [0, 0.1) is 5.92 Å². The van der Waals surface area contributed by atoms with Crippen LogP contribution in [0.4, 0.5) is 0 Å². The van der Waals surface area contributed by atoms with Gasteiger partial charge in [-0.3, -0.25) is 4.79 Å². The van der Waals surface area contributed by atoms with E-state index < -0.39 is 0 Å². The van der Waals surface area contributed by atoms with Crippen molar-refractivity contribution < 1.29 is 14.3 Å². The van der Waals surface area contributed by atoms with Crippen LogP contribution >= 0.6 is 0 Å². The van der Waals surface area contributed by atoms with Crippen molar-refractivity contribution in [1.29, 1.82) is 0 Å². The van der Waals surface area contributed by atoms with Gasteiger partial charge in [-0.25, -0.2) is 0 Å². The van der Waals surface area contributed by atoms with Crippen molar-refractivity contribution in [3.63, 3.8) is 0 Å². The molecule has 5 heteroatoms. The molecule has 0 bridgehead atoms. The molecule has 0 radical (unpaired) electrons. The summed E-state index contributed by atoms with van der Waals surface area (Å²) in [5.74, 6) is 1.76. The molecule has 2 N–H and O–H groups in total. The average molecular weight is 387 g/mol. The zero-order chi connectivity index (χ0) is 19.4. The van der Waals surface area contributed by atoms with Gasteiger partial charge in [0.1, 0.15) is 5.75 Å². The Labute approximate surface area is 168 Å². The van der Waals surface area contributed by atoms with Gasteiger partial charge in [-0.05, 0) is 62.6 Å². The first-order valence-electron chi connectivity index (χ1n) is 11.0. The standard InChI is InChI=1S/C23H34N2O3/c1-2-28-19-9-7-18(8-10-19)23(11-13-27-14-12-23)16-24-22(26)21-15-17-5-3-4-6-20(17)25-21/h7-10,17,20-21,25H,2-6,11-16H2,1H3,(H,24,26). The van der Waals surface area contributed by atoms with E-state index in [2.05, 4.69) is 22.8 Å². The number of carbonyl (C=O) groups is 1. The summed E-state index contributed by atoms with van der Waals surface area (Å²) in [4.78, 5) is 12.9. The number of hydrogen-bond donors (Lipinski definition) is 2. The van der Waals surface area contributed by atoms with Crippen molar-refractivity contribution in [3.8, 4) is 5.75 Å². The van der Waals surface area contributed by atoms with Gasteiger partial charge >= 0.3 is 0 Å². The lowest BCUT2D eigenvalue weighted by Crippen LogP contribution is -2.49. The predicted octanol–water partition coefficient (Wildman–Crippen LogP) is 3.17. The third-order valence-electron chi connectivity index (χ3n) is 7.01. The molecule has 1 aromatic carbocycles. The van der Waals surface area contributed by atoms with Gasteiger partial charge in [0.05, 0.1) is 12.6 Å². The highest BCUT2D eigenvalue weighted by molar-refractivity contribution is 5.82. The first kappa shape index (κ1) is 19.7. The van der Waals surface area contributed by atoms with Crippen LogP contribution in [0.5, 0.6) is 5.75 Å². The second-order valence-corrected chi connectivity index (χ2v) is 8.67. The lowest BCUT2D eigenvalue weighted by Gasteiger charge is -2.38. The van der Waals surface area contributed by atoms with Crippen LogP contribution in [0.25, 0.3) is 0 Å². The molecule has 3 aliphatic rings. The highest BCUT2D eigenvalue weighted by Crippen LogP contribution is 2.36. The Bertz CT molecular complexity index is 640. The number of fused-ring (bicyclic) bond motifs is 1. The molecule has 2 heterocycles. The zero-order valence-electron chi connectivity index (χ0n) is 17.0. The highest BCUT2D eigenvalue weighted by Gasteiger charge is 2.40. The zero-order valence-corrected chi connectivity index (χ0v) is 17.0. The van der Waals surface area contributed by atoms with Gasteiger partial charge in [0.25, 0.3) is 0 Å². The maximum Gasteiger partial charge on any atom is 0.237 e. The van der Waals surface area contributed by atoms with Crippen LogP contribution in [0.15, 0.2) is 24.3 Å². The molecule has 1 aromatic rings. The fraction of sp³-hybridized carbons (Fsp3) is 0.696. The lowest BCUT2D eigenvalue weighted by molar-refractivity contribution is -0.123. The van der Waals surface area contributed by atoms with E-state index in [4.69, 9.17) is 9.47 Å².